The fraction of sp³-hybridized carbons (Fsp3) is 0.167. The average Bonchev–Trinajstić information content (AvgIpc) is 2.73. The molecule has 1 aromatic heterocycles. The number of para-hydroxylation sites is 1. The van der Waals surface area contributed by atoms with E-state index < -0.39 is 6.09 Å². The van der Waals surface area contributed by atoms with E-state index in [9.17, 15) is 4.79 Å². The molecule has 88 valence electrons. The van der Waals surface area contributed by atoms with E-state index in [4.69, 9.17) is 0 Å². The summed E-state index contributed by atoms with van der Waals surface area (Å²) in [6.07, 6.45) is 2.86. The van der Waals surface area contributed by atoms with Gasteiger partial charge in [-0.3, -0.25) is 0 Å². The largest absolute Gasteiger partial charge is 0.449 e. The summed E-state index contributed by atoms with van der Waals surface area (Å²) < 4.78 is 4.68. The summed E-state index contributed by atoms with van der Waals surface area (Å²) in [4.78, 5) is 14.1. The molecule has 1 amide bonds. The lowest BCUT2D eigenvalue weighted by molar-refractivity contribution is 0.152. The first-order valence-electron chi connectivity index (χ1n) is 5.33. The first-order valence-corrected chi connectivity index (χ1v) is 5.33. The van der Waals surface area contributed by atoms with Crippen LogP contribution in [0.15, 0.2) is 35.6 Å². The number of aromatic nitrogens is 1. The minimum atomic E-state index is -0.552. The predicted octanol–water partition coefficient (Wildman–Crippen LogP) is 2.25. The third-order valence-corrected chi connectivity index (χ3v) is 2.26. The van der Waals surface area contributed by atoms with Gasteiger partial charge in [0, 0.05) is 22.7 Å². The molecule has 0 aliphatic heterocycles. The lowest BCUT2D eigenvalue weighted by Crippen LogP contribution is -2.18. The van der Waals surface area contributed by atoms with Gasteiger partial charge in [0.2, 0.25) is 0 Å². The molecule has 0 atom stereocenters. The number of benzene rings is 1. The second kappa shape index (κ2) is 5.16. The van der Waals surface area contributed by atoms with Crippen LogP contribution in [-0.2, 0) is 4.74 Å². The molecule has 2 N–H and O–H groups in total. The number of fused-ring (bicyclic) bond motifs is 1. The highest BCUT2D eigenvalue weighted by Crippen LogP contribution is 2.15. The van der Waals surface area contributed by atoms with E-state index in [0.717, 1.165) is 16.5 Å². The summed E-state index contributed by atoms with van der Waals surface area (Å²) in [5.74, 6) is 0. The molecule has 5 heteroatoms. The van der Waals surface area contributed by atoms with Gasteiger partial charge in [-0.25, -0.2) is 10.2 Å². The molecule has 1 heterocycles. The highest BCUT2D eigenvalue weighted by molar-refractivity contribution is 5.99. The van der Waals surface area contributed by atoms with Crippen molar-refractivity contribution < 1.29 is 9.53 Å². The third-order valence-electron chi connectivity index (χ3n) is 2.26. The number of hydrogen-bond acceptors (Lipinski definition) is 3. The summed E-state index contributed by atoms with van der Waals surface area (Å²) in [7, 11) is 0. The molecule has 0 bridgehead atoms. The number of carbonyl (C=O) groups excluding carboxylic acids is 1. The first kappa shape index (κ1) is 11.2. The molecule has 2 rings (SSSR count). The second-order valence-electron chi connectivity index (χ2n) is 3.38. The number of H-pyrrole nitrogens is 1. The Labute approximate surface area is 98.5 Å². The molecule has 0 unspecified atom stereocenters. The highest BCUT2D eigenvalue weighted by atomic mass is 16.5. The van der Waals surface area contributed by atoms with Gasteiger partial charge in [0.15, 0.2) is 0 Å². The number of aromatic amines is 1. The smallest absolute Gasteiger partial charge is 0.427 e. The van der Waals surface area contributed by atoms with E-state index >= 15 is 0 Å². The number of nitrogens with zero attached hydrogens (tertiary/aromatic N) is 1. The van der Waals surface area contributed by atoms with Crippen LogP contribution >= 0.6 is 0 Å². The summed E-state index contributed by atoms with van der Waals surface area (Å²) in [5.41, 5.74) is 4.23. The van der Waals surface area contributed by atoms with Crippen molar-refractivity contribution in [2.24, 2.45) is 5.10 Å². The maximum Gasteiger partial charge on any atom is 0.427 e. The maximum atomic E-state index is 11.0. The van der Waals surface area contributed by atoms with E-state index in [2.05, 4.69) is 20.2 Å². The van der Waals surface area contributed by atoms with Crippen molar-refractivity contribution in [3.63, 3.8) is 0 Å². The summed E-state index contributed by atoms with van der Waals surface area (Å²) in [5, 5.41) is 4.87. The number of hydrazone groups is 1. The molecule has 0 saturated heterocycles. The zero-order chi connectivity index (χ0) is 12.1. The van der Waals surface area contributed by atoms with Crippen molar-refractivity contribution in [3.05, 3.63) is 36.0 Å². The van der Waals surface area contributed by atoms with E-state index in [1.165, 1.54) is 0 Å². The van der Waals surface area contributed by atoms with Crippen LogP contribution in [-0.4, -0.2) is 23.9 Å². The lowest BCUT2D eigenvalue weighted by atomic mass is 10.2. The molecule has 5 nitrogen and oxygen atoms in total. The molecule has 2 aromatic rings. The standard InChI is InChI=1S/C12H13N3O2/c1-2-17-12(16)15-14-8-9-7-13-11-6-4-3-5-10(9)11/h3-8,13H,2H2,1H3,(H,15,16)/b14-8-. The Morgan fingerprint density at radius 1 is 1.53 bits per heavy atom. The predicted molar refractivity (Wildman–Crippen MR) is 66.1 cm³/mol. The molecule has 0 fully saturated rings. The zero-order valence-corrected chi connectivity index (χ0v) is 9.43. The van der Waals surface area contributed by atoms with Gasteiger partial charge >= 0.3 is 6.09 Å². The van der Waals surface area contributed by atoms with Gasteiger partial charge in [-0.15, -0.1) is 0 Å². The van der Waals surface area contributed by atoms with Crippen molar-refractivity contribution in [2.45, 2.75) is 6.92 Å². The van der Waals surface area contributed by atoms with Gasteiger partial charge in [0.05, 0.1) is 12.8 Å². The Bertz CT molecular complexity index is 545. The number of rotatable bonds is 3. The molecule has 0 spiro atoms. The third kappa shape index (κ3) is 2.63. The van der Waals surface area contributed by atoms with Gasteiger partial charge in [0.25, 0.3) is 0 Å². The molecule has 0 saturated carbocycles. The van der Waals surface area contributed by atoms with Gasteiger partial charge in [-0.2, -0.15) is 5.10 Å². The Hall–Kier alpha value is -2.30. The Morgan fingerprint density at radius 3 is 3.18 bits per heavy atom. The van der Waals surface area contributed by atoms with Crippen LogP contribution in [0, 0.1) is 0 Å². The molecular formula is C12H13N3O2. The summed E-state index contributed by atoms with van der Waals surface area (Å²) in [6.45, 7) is 2.07. The van der Waals surface area contributed by atoms with Crippen molar-refractivity contribution in [2.75, 3.05) is 6.61 Å². The number of nitrogens with one attached hydrogen (secondary N) is 2. The van der Waals surface area contributed by atoms with Gasteiger partial charge in [0.1, 0.15) is 0 Å². The van der Waals surface area contributed by atoms with Crippen molar-refractivity contribution >= 4 is 23.2 Å². The second-order valence-corrected chi connectivity index (χ2v) is 3.38. The van der Waals surface area contributed by atoms with E-state index in [-0.39, 0.29) is 0 Å². The van der Waals surface area contributed by atoms with Crippen LogP contribution in [0.1, 0.15) is 12.5 Å². The quantitative estimate of drug-likeness (QED) is 0.628. The van der Waals surface area contributed by atoms with Crippen LogP contribution in [0.5, 0.6) is 0 Å². The first-order chi connectivity index (χ1) is 8.31. The van der Waals surface area contributed by atoms with Gasteiger partial charge in [-0.05, 0) is 13.0 Å². The molecular weight excluding hydrogens is 218 g/mol. The SMILES string of the molecule is CCOC(=O)N/N=C\c1c[nH]c2ccccc12. The minimum absolute atomic E-state index is 0.328. The fourth-order valence-corrected chi connectivity index (χ4v) is 1.52. The molecule has 0 radical (unpaired) electrons. The van der Waals surface area contributed by atoms with Crippen LogP contribution in [0.25, 0.3) is 10.9 Å². The van der Waals surface area contributed by atoms with Crippen LogP contribution in [0.3, 0.4) is 0 Å². The van der Waals surface area contributed by atoms with Crippen LogP contribution in [0.4, 0.5) is 4.79 Å². The zero-order valence-electron chi connectivity index (χ0n) is 9.43. The van der Waals surface area contributed by atoms with E-state index in [0.29, 0.717) is 6.61 Å². The number of amides is 1. The molecule has 0 aliphatic rings. The van der Waals surface area contributed by atoms with Crippen LogP contribution in [0.2, 0.25) is 0 Å². The van der Waals surface area contributed by atoms with Crippen molar-refractivity contribution in [1.29, 1.82) is 0 Å². The van der Waals surface area contributed by atoms with Gasteiger partial charge < -0.3 is 9.72 Å². The van der Waals surface area contributed by atoms with Crippen LogP contribution < -0.4 is 5.43 Å². The summed E-state index contributed by atoms with van der Waals surface area (Å²) in [6, 6.07) is 7.87. The fourth-order valence-electron chi connectivity index (χ4n) is 1.52. The molecule has 17 heavy (non-hydrogen) atoms. The summed E-state index contributed by atoms with van der Waals surface area (Å²) >= 11 is 0. The minimum Gasteiger partial charge on any atom is -0.449 e. The molecule has 0 aliphatic carbocycles. The molecule has 1 aromatic carbocycles. The average molecular weight is 231 g/mol. The number of hydrogen-bond donors (Lipinski definition) is 2. The van der Waals surface area contributed by atoms with Crippen molar-refractivity contribution in [1.82, 2.24) is 10.4 Å². The Balaban J connectivity index is 2.08. The van der Waals surface area contributed by atoms with Crippen molar-refractivity contribution in [3.8, 4) is 0 Å². The number of carbonyl (C=O) groups is 1. The normalized spacial score (nSPS) is 10.9. The number of ether oxygens (including phenoxy) is 1. The lowest BCUT2D eigenvalue weighted by Gasteiger charge is -1.98. The van der Waals surface area contributed by atoms with Gasteiger partial charge in [-0.1, -0.05) is 18.2 Å². The monoisotopic (exact) mass is 231 g/mol. The highest BCUT2D eigenvalue weighted by Gasteiger charge is 2.00. The Kier molecular flexibility index (Phi) is 3.40. The topological polar surface area (TPSA) is 66.5 Å². The van der Waals surface area contributed by atoms with E-state index in [1.807, 2.05) is 30.5 Å². The Morgan fingerprint density at radius 2 is 2.35 bits per heavy atom. The maximum absolute atomic E-state index is 11.0. The van der Waals surface area contributed by atoms with E-state index in [1.54, 1.807) is 13.1 Å².